The van der Waals surface area contributed by atoms with Gasteiger partial charge >= 0.3 is 0 Å². The summed E-state index contributed by atoms with van der Waals surface area (Å²) in [7, 11) is 0. The number of hydrogen-bond donors (Lipinski definition) is 1. The normalized spacial score (nSPS) is 12.7. The summed E-state index contributed by atoms with van der Waals surface area (Å²) in [4.78, 5) is 22.8. The van der Waals surface area contributed by atoms with Crippen LogP contribution in [0.5, 0.6) is 5.75 Å². The first-order chi connectivity index (χ1) is 11.1. The molecule has 1 aromatic carbocycles. The van der Waals surface area contributed by atoms with Crippen molar-refractivity contribution in [1.82, 2.24) is 19.9 Å². The summed E-state index contributed by atoms with van der Waals surface area (Å²) >= 11 is 2.15. The number of carbonyl (C=O) groups excluding carboxylic acids is 1. The van der Waals surface area contributed by atoms with Gasteiger partial charge in [-0.2, -0.15) is 0 Å². The molecule has 1 amide bonds. The molecule has 7 nitrogen and oxygen atoms in total. The van der Waals surface area contributed by atoms with Gasteiger partial charge in [0.1, 0.15) is 11.5 Å². The molecule has 0 aliphatic carbocycles. The summed E-state index contributed by atoms with van der Waals surface area (Å²) in [6, 6.07) is 10.7. The van der Waals surface area contributed by atoms with Crippen molar-refractivity contribution in [2.45, 2.75) is 6.92 Å². The molecule has 0 saturated carbocycles. The molecule has 2 bridgehead atoms. The van der Waals surface area contributed by atoms with Crippen molar-refractivity contribution in [2.24, 2.45) is 0 Å². The van der Waals surface area contributed by atoms with Crippen molar-refractivity contribution in [1.29, 1.82) is 0 Å². The first kappa shape index (κ1) is 14.1. The molecule has 23 heavy (non-hydrogen) atoms. The molecule has 0 unspecified atom stereocenters. The summed E-state index contributed by atoms with van der Waals surface area (Å²) in [6.45, 7) is 1.78. The van der Waals surface area contributed by atoms with Crippen molar-refractivity contribution >= 4 is 34.3 Å². The van der Waals surface area contributed by atoms with E-state index in [4.69, 9.17) is 4.84 Å². The quantitative estimate of drug-likeness (QED) is 0.567. The molecule has 3 aromatic rings. The number of anilines is 1. The van der Waals surface area contributed by atoms with Crippen LogP contribution in [0.25, 0.3) is 11.5 Å². The number of nitrogens with zero attached hydrogens (tertiary/aromatic N) is 4. The average molecular weight is 419 g/mol. The predicted octanol–water partition coefficient (Wildman–Crippen LogP) is 2.66. The number of carbonyl (C=O) groups is 1. The van der Waals surface area contributed by atoms with E-state index in [-0.39, 0.29) is 5.91 Å². The lowest BCUT2D eigenvalue weighted by atomic mass is 10.2. The fourth-order valence-corrected chi connectivity index (χ4v) is 2.78. The van der Waals surface area contributed by atoms with E-state index in [2.05, 4.69) is 43.1 Å². The lowest BCUT2D eigenvalue weighted by molar-refractivity contribution is 0.101. The maximum Gasteiger partial charge on any atom is 0.260 e. The molecule has 3 heterocycles. The maximum absolute atomic E-state index is 12.5. The fraction of sp³-hybridized carbons (Fsp3) is 0.0667. The fourth-order valence-electron chi connectivity index (χ4n) is 2.29. The molecule has 0 fully saturated rings. The van der Waals surface area contributed by atoms with Gasteiger partial charge in [0, 0.05) is 3.57 Å². The Morgan fingerprint density at radius 1 is 1.22 bits per heavy atom. The molecule has 1 aliphatic rings. The topological polar surface area (TPSA) is 81.9 Å². The molecule has 2 aromatic heterocycles. The van der Waals surface area contributed by atoms with Gasteiger partial charge in [0.15, 0.2) is 11.6 Å². The zero-order valence-electron chi connectivity index (χ0n) is 11.9. The summed E-state index contributed by atoms with van der Waals surface area (Å²) in [5.41, 5.74) is 0.988. The molecule has 0 radical (unpaired) electrons. The van der Waals surface area contributed by atoms with Gasteiger partial charge in [0.2, 0.25) is 5.82 Å². The molecular formula is C15H10IN5O2. The van der Waals surface area contributed by atoms with Gasteiger partial charge in [0.05, 0.1) is 5.56 Å². The van der Waals surface area contributed by atoms with Crippen LogP contribution in [0, 0.1) is 10.5 Å². The Bertz CT molecular complexity index is 937. The van der Waals surface area contributed by atoms with Crippen LogP contribution in [-0.4, -0.2) is 25.8 Å². The number of hydrogen-bond acceptors (Lipinski definition) is 5. The minimum absolute atomic E-state index is 0.280. The Balaban J connectivity index is 1.98. The van der Waals surface area contributed by atoms with Gasteiger partial charge in [-0.3, -0.25) is 4.79 Å². The van der Waals surface area contributed by atoms with Crippen LogP contribution in [-0.2, 0) is 0 Å². The van der Waals surface area contributed by atoms with Crippen LogP contribution in [0.2, 0.25) is 0 Å². The van der Waals surface area contributed by atoms with Crippen LogP contribution in [0.1, 0.15) is 16.2 Å². The monoisotopic (exact) mass is 419 g/mol. The molecule has 1 N–H and O–H groups in total. The molecule has 0 saturated heterocycles. The summed E-state index contributed by atoms with van der Waals surface area (Å²) in [6.07, 6.45) is 0. The highest BCUT2D eigenvalue weighted by Crippen LogP contribution is 2.27. The number of nitrogens with one attached hydrogen (secondary N) is 1. The Morgan fingerprint density at radius 3 is 2.96 bits per heavy atom. The minimum Gasteiger partial charge on any atom is -0.371 e. The molecule has 0 spiro atoms. The SMILES string of the molecule is Cc1nnc2n1Oc1ccc(I)cc1C(=O)Nc1cccc-2n1. The second-order valence-electron chi connectivity index (χ2n) is 4.96. The Morgan fingerprint density at radius 2 is 2.09 bits per heavy atom. The van der Waals surface area contributed by atoms with Crippen molar-refractivity contribution in [3.63, 3.8) is 0 Å². The number of aryl methyl sites for hydroxylation is 1. The zero-order chi connectivity index (χ0) is 16.0. The summed E-state index contributed by atoms with van der Waals surface area (Å²) < 4.78 is 2.41. The number of halogens is 1. The van der Waals surface area contributed by atoms with Crippen LogP contribution >= 0.6 is 22.6 Å². The second kappa shape index (κ2) is 5.30. The Hall–Kier alpha value is -2.49. The van der Waals surface area contributed by atoms with E-state index >= 15 is 0 Å². The Labute approximate surface area is 144 Å². The number of rotatable bonds is 0. The van der Waals surface area contributed by atoms with Crippen molar-refractivity contribution in [2.75, 3.05) is 5.32 Å². The van der Waals surface area contributed by atoms with Crippen LogP contribution in [0.4, 0.5) is 5.82 Å². The summed E-state index contributed by atoms with van der Waals surface area (Å²) in [5.74, 6) is 1.64. The largest absolute Gasteiger partial charge is 0.371 e. The molecular weight excluding hydrogens is 409 g/mol. The van der Waals surface area contributed by atoms with E-state index in [0.29, 0.717) is 34.5 Å². The first-order valence-electron chi connectivity index (χ1n) is 6.80. The third-order valence-corrected chi connectivity index (χ3v) is 4.04. The van der Waals surface area contributed by atoms with Gasteiger partial charge in [0.25, 0.3) is 5.91 Å². The molecule has 4 rings (SSSR count). The molecule has 8 heteroatoms. The van der Waals surface area contributed by atoms with Gasteiger partial charge in [-0.25, -0.2) is 4.98 Å². The van der Waals surface area contributed by atoms with E-state index in [1.54, 1.807) is 37.3 Å². The third kappa shape index (κ3) is 2.44. The summed E-state index contributed by atoms with van der Waals surface area (Å²) in [5, 5.41) is 11.0. The number of amides is 1. The number of benzene rings is 1. The van der Waals surface area contributed by atoms with Gasteiger partial charge in [-0.15, -0.1) is 14.9 Å². The van der Waals surface area contributed by atoms with Crippen molar-refractivity contribution < 1.29 is 9.63 Å². The maximum atomic E-state index is 12.5. The lowest BCUT2D eigenvalue weighted by Gasteiger charge is -2.16. The lowest BCUT2D eigenvalue weighted by Crippen LogP contribution is -2.19. The smallest absolute Gasteiger partial charge is 0.260 e. The van der Waals surface area contributed by atoms with Crippen LogP contribution in [0.15, 0.2) is 36.4 Å². The van der Waals surface area contributed by atoms with Crippen LogP contribution in [0.3, 0.4) is 0 Å². The first-order valence-corrected chi connectivity index (χ1v) is 7.88. The van der Waals surface area contributed by atoms with Gasteiger partial charge in [-0.05, 0) is 59.8 Å². The highest BCUT2D eigenvalue weighted by molar-refractivity contribution is 14.1. The standard InChI is InChI=1S/C15H10IN5O2/c1-8-19-20-14-11-3-2-4-13(17-11)18-15(22)10-7-9(16)5-6-12(10)23-21(8)14/h2-7H,1H3,(H,17,18,22). The molecule has 0 atom stereocenters. The average Bonchev–Trinajstić information content (AvgIpc) is 2.89. The molecule has 114 valence electrons. The van der Waals surface area contributed by atoms with E-state index in [9.17, 15) is 4.79 Å². The number of fused-ring (bicyclic) bond motifs is 5. The number of pyridine rings is 1. The van der Waals surface area contributed by atoms with Crippen molar-refractivity contribution in [3.05, 3.63) is 51.4 Å². The van der Waals surface area contributed by atoms with E-state index < -0.39 is 0 Å². The predicted molar refractivity (Wildman–Crippen MR) is 91.1 cm³/mol. The van der Waals surface area contributed by atoms with E-state index in [0.717, 1.165) is 3.57 Å². The molecule has 1 aliphatic heterocycles. The van der Waals surface area contributed by atoms with Gasteiger partial charge < -0.3 is 10.2 Å². The van der Waals surface area contributed by atoms with Gasteiger partial charge in [-0.1, -0.05) is 6.07 Å². The van der Waals surface area contributed by atoms with E-state index in [1.807, 2.05) is 6.07 Å². The third-order valence-electron chi connectivity index (χ3n) is 3.37. The minimum atomic E-state index is -0.280. The highest BCUT2D eigenvalue weighted by Gasteiger charge is 2.21. The highest BCUT2D eigenvalue weighted by atomic mass is 127. The van der Waals surface area contributed by atoms with Crippen molar-refractivity contribution in [3.8, 4) is 17.3 Å². The number of aromatic nitrogens is 4. The van der Waals surface area contributed by atoms with E-state index in [1.165, 1.54) is 4.73 Å². The second-order valence-corrected chi connectivity index (χ2v) is 6.20. The van der Waals surface area contributed by atoms with Crippen LogP contribution < -0.4 is 10.2 Å². The zero-order valence-corrected chi connectivity index (χ0v) is 14.1. The Kier molecular flexibility index (Phi) is 3.26.